The molecule has 0 radical (unpaired) electrons. The molecule has 1 N–H and O–H groups in total. The van der Waals surface area contributed by atoms with Crippen LogP contribution in [0.5, 0.6) is 0 Å². The minimum absolute atomic E-state index is 0.0146. The van der Waals surface area contributed by atoms with E-state index < -0.39 is 15.8 Å². The predicted octanol–water partition coefficient (Wildman–Crippen LogP) is 1.61. The molecule has 2 atom stereocenters. The number of hydrogen-bond donors (Lipinski definition) is 1. The van der Waals surface area contributed by atoms with Crippen molar-refractivity contribution in [2.75, 3.05) is 11.5 Å². The fourth-order valence-electron chi connectivity index (χ4n) is 2.48. The standard InChI is InChI=1S/C14H19NO3S/c1-10-5-3-4-6-13(10)11(2)15-14(16)12-7-8-19(17,18)9-12/h3-6,11-12H,7-9H2,1-2H3,(H,15,16). The summed E-state index contributed by atoms with van der Waals surface area (Å²) in [6.45, 7) is 3.92. The van der Waals surface area contributed by atoms with Crippen LogP contribution in [-0.4, -0.2) is 25.8 Å². The van der Waals surface area contributed by atoms with Gasteiger partial charge in [-0.2, -0.15) is 0 Å². The van der Waals surface area contributed by atoms with Gasteiger partial charge in [0.15, 0.2) is 9.84 Å². The maximum absolute atomic E-state index is 12.1. The van der Waals surface area contributed by atoms with Crippen molar-refractivity contribution < 1.29 is 13.2 Å². The van der Waals surface area contributed by atoms with Crippen LogP contribution in [0.15, 0.2) is 24.3 Å². The quantitative estimate of drug-likeness (QED) is 0.915. The van der Waals surface area contributed by atoms with Gasteiger partial charge in [0.05, 0.1) is 23.5 Å². The van der Waals surface area contributed by atoms with E-state index in [1.165, 1.54) is 0 Å². The summed E-state index contributed by atoms with van der Waals surface area (Å²) < 4.78 is 22.8. The Morgan fingerprint density at radius 3 is 2.63 bits per heavy atom. The van der Waals surface area contributed by atoms with Crippen LogP contribution in [0.4, 0.5) is 0 Å². The van der Waals surface area contributed by atoms with Gasteiger partial charge in [-0.25, -0.2) is 8.42 Å². The molecule has 1 aliphatic rings. The number of sulfone groups is 1. The van der Waals surface area contributed by atoms with Gasteiger partial charge < -0.3 is 5.32 Å². The van der Waals surface area contributed by atoms with Crippen LogP contribution in [0, 0.1) is 12.8 Å². The number of aryl methyl sites for hydroxylation is 1. The number of rotatable bonds is 3. The molecule has 1 heterocycles. The summed E-state index contributed by atoms with van der Waals surface area (Å²) in [6.07, 6.45) is 0.439. The first kappa shape index (κ1) is 14.1. The van der Waals surface area contributed by atoms with Crippen molar-refractivity contribution in [1.82, 2.24) is 5.32 Å². The Morgan fingerprint density at radius 1 is 1.37 bits per heavy atom. The number of carbonyl (C=O) groups is 1. The van der Waals surface area contributed by atoms with Crippen molar-refractivity contribution in [3.05, 3.63) is 35.4 Å². The first-order chi connectivity index (χ1) is 8.89. The molecule has 2 unspecified atom stereocenters. The molecule has 1 saturated heterocycles. The van der Waals surface area contributed by atoms with Crippen LogP contribution in [0.25, 0.3) is 0 Å². The van der Waals surface area contributed by atoms with Gasteiger partial charge in [0, 0.05) is 0 Å². The highest BCUT2D eigenvalue weighted by atomic mass is 32.2. The van der Waals surface area contributed by atoms with E-state index in [-0.39, 0.29) is 23.5 Å². The van der Waals surface area contributed by atoms with E-state index in [0.717, 1.165) is 11.1 Å². The van der Waals surface area contributed by atoms with E-state index in [1.807, 2.05) is 38.1 Å². The molecule has 0 aromatic heterocycles. The minimum Gasteiger partial charge on any atom is -0.349 e. The highest BCUT2D eigenvalue weighted by Crippen LogP contribution is 2.21. The maximum Gasteiger partial charge on any atom is 0.224 e. The predicted molar refractivity (Wildman–Crippen MR) is 74.5 cm³/mol. The van der Waals surface area contributed by atoms with Crippen LogP contribution >= 0.6 is 0 Å². The Morgan fingerprint density at radius 2 is 2.05 bits per heavy atom. The summed E-state index contributed by atoms with van der Waals surface area (Å²) in [6, 6.07) is 7.77. The summed E-state index contributed by atoms with van der Waals surface area (Å²) in [5.41, 5.74) is 2.19. The smallest absolute Gasteiger partial charge is 0.224 e. The summed E-state index contributed by atoms with van der Waals surface area (Å²) >= 11 is 0. The summed E-state index contributed by atoms with van der Waals surface area (Å²) in [7, 11) is -3.01. The highest BCUT2D eigenvalue weighted by molar-refractivity contribution is 7.91. The molecule has 1 fully saturated rings. The zero-order chi connectivity index (χ0) is 14.0. The Labute approximate surface area is 114 Å². The Balaban J connectivity index is 2.02. The van der Waals surface area contributed by atoms with Gasteiger partial charge in [-0.05, 0) is 31.4 Å². The second kappa shape index (κ2) is 5.33. The molecule has 0 spiro atoms. The average molecular weight is 281 g/mol. The molecule has 104 valence electrons. The van der Waals surface area contributed by atoms with Crippen LogP contribution in [0.3, 0.4) is 0 Å². The fraction of sp³-hybridized carbons (Fsp3) is 0.500. The lowest BCUT2D eigenvalue weighted by Crippen LogP contribution is -2.33. The molecule has 2 rings (SSSR count). The topological polar surface area (TPSA) is 63.2 Å². The van der Waals surface area contributed by atoms with Crippen LogP contribution in [-0.2, 0) is 14.6 Å². The molecule has 0 aliphatic carbocycles. The van der Waals surface area contributed by atoms with Crippen LogP contribution in [0.2, 0.25) is 0 Å². The van der Waals surface area contributed by atoms with Crippen molar-refractivity contribution in [3.8, 4) is 0 Å². The number of hydrogen-bond acceptors (Lipinski definition) is 3. The second-order valence-corrected chi connectivity index (χ2v) is 7.42. The first-order valence-corrected chi connectivity index (χ1v) is 8.27. The highest BCUT2D eigenvalue weighted by Gasteiger charge is 2.33. The number of amides is 1. The first-order valence-electron chi connectivity index (χ1n) is 6.45. The van der Waals surface area contributed by atoms with E-state index in [2.05, 4.69) is 5.32 Å². The monoisotopic (exact) mass is 281 g/mol. The normalized spacial score (nSPS) is 22.9. The molecule has 1 aromatic carbocycles. The lowest BCUT2D eigenvalue weighted by atomic mass is 10.0. The molecule has 0 bridgehead atoms. The van der Waals surface area contributed by atoms with Crippen LogP contribution < -0.4 is 5.32 Å². The third-order valence-corrected chi connectivity index (χ3v) is 5.38. The number of carbonyl (C=O) groups excluding carboxylic acids is 1. The molecule has 1 aromatic rings. The molecular formula is C14H19NO3S. The van der Waals surface area contributed by atoms with E-state index in [9.17, 15) is 13.2 Å². The zero-order valence-corrected chi connectivity index (χ0v) is 12.0. The SMILES string of the molecule is Cc1ccccc1C(C)NC(=O)C1CCS(=O)(=O)C1. The maximum atomic E-state index is 12.1. The van der Waals surface area contributed by atoms with Crippen molar-refractivity contribution >= 4 is 15.7 Å². The minimum atomic E-state index is -3.01. The van der Waals surface area contributed by atoms with Crippen LogP contribution in [0.1, 0.15) is 30.5 Å². The molecule has 1 amide bonds. The summed E-state index contributed by atoms with van der Waals surface area (Å²) in [5, 5.41) is 2.91. The molecule has 4 nitrogen and oxygen atoms in total. The molecule has 1 aliphatic heterocycles. The Kier molecular flexibility index (Phi) is 3.94. The molecule has 0 saturated carbocycles. The van der Waals surface area contributed by atoms with Crippen molar-refractivity contribution in [2.24, 2.45) is 5.92 Å². The van der Waals surface area contributed by atoms with Gasteiger partial charge in [-0.15, -0.1) is 0 Å². The van der Waals surface area contributed by atoms with Gasteiger partial charge in [0.2, 0.25) is 5.91 Å². The van der Waals surface area contributed by atoms with Crippen molar-refractivity contribution in [2.45, 2.75) is 26.3 Å². The number of nitrogens with one attached hydrogen (secondary N) is 1. The molecular weight excluding hydrogens is 262 g/mol. The van der Waals surface area contributed by atoms with Gasteiger partial charge in [-0.1, -0.05) is 24.3 Å². The lowest BCUT2D eigenvalue weighted by molar-refractivity contribution is -0.124. The third kappa shape index (κ3) is 3.35. The van der Waals surface area contributed by atoms with E-state index in [0.29, 0.717) is 6.42 Å². The number of benzene rings is 1. The van der Waals surface area contributed by atoms with Gasteiger partial charge in [0.25, 0.3) is 0 Å². The Hall–Kier alpha value is -1.36. The summed E-state index contributed by atoms with van der Waals surface area (Å²) in [5.74, 6) is -0.434. The lowest BCUT2D eigenvalue weighted by Gasteiger charge is -2.18. The van der Waals surface area contributed by atoms with Gasteiger partial charge >= 0.3 is 0 Å². The fourth-order valence-corrected chi connectivity index (χ4v) is 4.22. The second-order valence-electron chi connectivity index (χ2n) is 5.19. The average Bonchev–Trinajstić information content (AvgIpc) is 2.70. The molecule has 5 heteroatoms. The zero-order valence-electron chi connectivity index (χ0n) is 11.2. The largest absolute Gasteiger partial charge is 0.349 e. The van der Waals surface area contributed by atoms with Gasteiger partial charge in [0.1, 0.15) is 0 Å². The van der Waals surface area contributed by atoms with Gasteiger partial charge in [-0.3, -0.25) is 4.79 Å². The third-order valence-electron chi connectivity index (χ3n) is 3.62. The van der Waals surface area contributed by atoms with E-state index >= 15 is 0 Å². The molecule has 19 heavy (non-hydrogen) atoms. The van der Waals surface area contributed by atoms with E-state index in [1.54, 1.807) is 0 Å². The van der Waals surface area contributed by atoms with Crippen molar-refractivity contribution in [3.63, 3.8) is 0 Å². The Bertz CT molecular complexity index is 580. The van der Waals surface area contributed by atoms with Crippen molar-refractivity contribution in [1.29, 1.82) is 0 Å². The summed E-state index contributed by atoms with van der Waals surface area (Å²) in [4.78, 5) is 12.1. The van der Waals surface area contributed by atoms with E-state index in [4.69, 9.17) is 0 Å².